The molecule has 0 aliphatic rings. The van der Waals surface area contributed by atoms with E-state index >= 15 is 0 Å². The van der Waals surface area contributed by atoms with Gasteiger partial charge >= 0.3 is 0 Å². The number of ether oxygens (including phenoxy) is 2. The molecular weight excluding hydrogens is 745 g/mol. The number of anilines is 1. The molecule has 8 heteroatoms. The number of rotatable bonds is 7. The highest BCUT2D eigenvalue weighted by Gasteiger charge is 2.20. The summed E-state index contributed by atoms with van der Waals surface area (Å²) in [4.78, 5) is 4.47. The summed E-state index contributed by atoms with van der Waals surface area (Å²) >= 11 is 16.7. The van der Waals surface area contributed by atoms with Crippen LogP contribution in [0.15, 0.2) is 29.3 Å². The third kappa shape index (κ3) is 7.70. The normalized spacial score (nSPS) is 11.1. The Bertz CT molecular complexity index is 1340. The van der Waals surface area contributed by atoms with Crippen molar-refractivity contribution in [2.45, 2.75) is 62.0 Å². The standard InChI is InChI=1S/C30H36Cl2N2O2.I2/c1-16-12-27(21(6)18(3)17(16)2)34-28(33-9)15-36-30-23(8)20(5)19(4)22(7)29(30)35-14-24-10-11-25(31)13-26(24)32;1-2/h10-13H,14-15H2,1-9H3,(H,33,34);. The Kier molecular flexibility index (Phi) is 13.0. The van der Waals surface area contributed by atoms with Crippen molar-refractivity contribution in [3.8, 4) is 11.5 Å². The van der Waals surface area contributed by atoms with E-state index in [9.17, 15) is 0 Å². The molecule has 0 aromatic heterocycles. The zero-order chi connectivity index (χ0) is 28.7. The van der Waals surface area contributed by atoms with Crippen molar-refractivity contribution in [2.24, 2.45) is 4.99 Å². The minimum Gasteiger partial charge on any atom is -0.485 e. The van der Waals surface area contributed by atoms with Gasteiger partial charge < -0.3 is 14.8 Å². The van der Waals surface area contributed by atoms with Crippen LogP contribution >= 0.6 is 60.4 Å². The van der Waals surface area contributed by atoms with Crippen LogP contribution in [-0.2, 0) is 6.61 Å². The van der Waals surface area contributed by atoms with E-state index in [0.717, 1.165) is 39.7 Å². The highest BCUT2D eigenvalue weighted by atomic mass is 128. The predicted molar refractivity (Wildman–Crippen MR) is 182 cm³/mol. The third-order valence-corrected chi connectivity index (χ3v) is 7.93. The first-order valence-electron chi connectivity index (χ1n) is 12.2. The van der Waals surface area contributed by atoms with Gasteiger partial charge in [-0.05, 0) is 118 Å². The zero-order valence-electron chi connectivity index (χ0n) is 23.5. The molecule has 0 amide bonds. The Labute approximate surface area is 261 Å². The molecule has 0 saturated heterocycles. The largest absolute Gasteiger partial charge is 0.485 e. The first-order valence-corrected chi connectivity index (χ1v) is 19.2. The van der Waals surface area contributed by atoms with E-state index in [1.54, 1.807) is 13.1 Å². The van der Waals surface area contributed by atoms with Gasteiger partial charge in [0.2, 0.25) is 0 Å². The molecule has 0 fully saturated rings. The molecule has 3 aromatic rings. The summed E-state index contributed by atoms with van der Waals surface area (Å²) in [5.74, 6) is 2.18. The fourth-order valence-corrected chi connectivity index (χ4v) is 4.64. The number of aliphatic imine (C=N–C) groups is 1. The van der Waals surface area contributed by atoms with Crippen LogP contribution in [0, 0.1) is 55.4 Å². The molecule has 0 bridgehead atoms. The van der Waals surface area contributed by atoms with Crippen molar-refractivity contribution in [1.29, 1.82) is 0 Å². The SMILES string of the molecule is CN=C(COc1c(C)c(C)c(C)c(C)c1OCc1ccc(Cl)cc1Cl)Nc1cc(C)c(C)c(C)c1C.II. The molecule has 0 radical (unpaired) electrons. The van der Waals surface area contributed by atoms with Crippen molar-refractivity contribution in [1.82, 2.24) is 0 Å². The van der Waals surface area contributed by atoms with Gasteiger partial charge in [-0.15, -0.1) is 0 Å². The van der Waals surface area contributed by atoms with Crippen molar-refractivity contribution in [3.05, 3.63) is 84.4 Å². The molecule has 3 aromatic carbocycles. The first-order chi connectivity index (χ1) is 18.0. The van der Waals surface area contributed by atoms with Crippen LogP contribution < -0.4 is 14.8 Å². The van der Waals surface area contributed by atoms with Crippen molar-refractivity contribution in [3.63, 3.8) is 0 Å². The molecule has 0 unspecified atom stereocenters. The number of aryl methyl sites for hydroxylation is 1. The van der Waals surface area contributed by atoms with Crippen LogP contribution in [0.4, 0.5) is 5.69 Å². The predicted octanol–water partition coefficient (Wildman–Crippen LogP) is 10.3. The van der Waals surface area contributed by atoms with Crippen molar-refractivity contribution >= 4 is 72.0 Å². The minimum absolute atomic E-state index is 0.281. The Morgan fingerprint density at radius 1 is 0.763 bits per heavy atom. The number of benzene rings is 3. The summed E-state index contributed by atoms with van der Waals surface area (Å²) in [6, 6.07) is 7.59. The highest BCUT2D eigenvalue weighted by Crippen LogP contribution is 2.40. The van der Waals surface area contributed by atoms with Gasteiger partial charge in [0.15, 0.2) is 11.5 Å². The summed E-state index contributed by atoms with van der Waals surface area (Å²) in [5, 5.41) is 4.65. The van der Waals surface area contributed by atoms with Crippen LogP contribution in [0.5, 0.6) is 11.5 Å². The Hall–Kier alpha value is -1.23. The van der Waals surface area contributed by atoms with Crippen LogP contribution in [-0.4, -0.2) is 19.5 Å². The molecule has 0 heterocycles. The maximum absolute atomic E-state index is 6.40. The van der Waals surface area contributed by atoms with Crippen LogP contribution in [0.2, 0.25) is 10.0 Å². The summed E-state index contributed by atoms with van der Waals surface area (Å²) in [5.41, 5.74) is 11.4. The van der Waals surface area contributed by atoms with Gasteiger partial charge in [0.25, 0.3) is 0 Å². The molecule has 206 valence electrons. The minimum atomic E-state index is 0.281. The smallest absolute Gasteiger partial charge is 0.165 e. The maximum atomic E-state index is 6.40. The number of hydrogen-bond donors (Lipinski definition) is 1. The van der Waals surface area contributed by atoms with E-state index in [1.807, 2.05) is 12.1 Å². The lowest BCUT2D eigenvalue weighted by atomic mass is 9.97. The molecular formula is C30H36Cl2I2N2O2. The first kappa shape index (κ1) is 33.0. The van der Waals surface area contributed by atoms with Crippen LogP contribution in [0.3, 0.4) is 0 Å². The lowest BCUT2D eigenvalue weighted by molar-refractivity contribution is 0.275. The maximum Gasteiger partial charge on any atom is 0.165 e. The van der Waals surface area contributed by atoms with E-state index in [-0.39, 0.29) is 6.61 Å². The number of halogens is 4. The van der Waals surface area contributed by atoms with E-state index in [2.05, 4.69) is 109 Å². The lowest BCUT2D eigenvalue weighted by Gasteiger charge is -2.22. The summed E-state index contributed by atoms with van der Waals surface area (Å²) in [6.45, 7) is 17.5. The fraction of sp³-hybridized carbons (Fsp3) is 0.367. The average Bonchev–Trinajstić information content (AvgIpc) is 2.91. The second kappa shape index (κ2) is 15.0. The molecule has 38 heavy (non-hydrogen) atoms. The van der Waals surface area contributed by atoms with Crippen LogP contribution in [0.1, 0.15) is 50.1 Å². The monoisotopic (exact) mass is 780 g/mol. The number of hydrogen-bond acceptors (Lipinski definition) is 3. The molecule has 0 atom stereocenters. The molecule has 0 saturated carbocycles. The molecule has 1 N–H and O–H groups in total. The summed E-state index contributed by atoms with van der Waals surface area (Å²) in [7, 11) is 1.77. The number of amidine groups is 1. The highest BCUT2D eigenvalue weighted by molar-refractivity contribution is 15.0. The van der Waals surface area contributed by atoms with E-state index < -0.39 is 0 Å². The molecule has 3 rings (SSSR count). The van der Waals surface area contributed by atoms with Gasteiger partial charge in [-0.1, -0.05) is 29.3 Å². The fourth-order valence-electron chi connectivity index (χ4n) is 4.17. The summed E-state index contributed by atoms with van der Waals surface area (Å²) < 4.78 is 12.7. The van der Waals surface area contributed by atoms with E-state index in [4.69, 9.17) is 32.7 Å². The third-order valence-electron chi connectivity index (χ3n) is 7.35. The Morgan fingerprint density at radius 3 is 1.87 bits per heavy atom. The van der Waals surface area contributed by atoms with Crippen molar-refractivity contribution in [2.75, 3.05) is 19.0 Å². The van der Waals surface area contributed by atoms with E-state index in [0.29, 0.717) is 16.7 Å². The number of nitrogens with zero attached hydrogens (tertiary/aromatic N) is 1. The topological polar surface area (TPSA) is 42.9 Å². The van der Waals surface area contributed by atoms with Gasteiger partial charge in [-0.3, -0.25) is 4.99 Å². The van der Waals surface area contributed by atoms with E-state index in [1.165, 1.54) is 33.4 Å². The van der Waals surface area contributed by atoms with Crippen molar-refractivity contribution < 1.29 is 9.47 Å². The second-order valence-corrected chi connectivity index (χ2v) is 10.2. The van der Waals surface area contributed by atoms with Gasteiger partial charge in [0.05, 0.1) is 0 Å². The second-order valence-electron chi connectivity index (χ2n) is 9.38. The molecule has 0 spiro atoms. The Morgan fingerprint density at radius 2 is 1.32 bits per heavy atom. The number of nitrogens with one attached hydrogen (secondary N) is 1. The summed E-state index contributed by atoms with van der Waals surface area (Å²) in [6.07, 6.45) is 0. The lowest BCUT2D eigenvalue weighted by Crippen LogP contribution is -2.22. The van der Waals surface area contributed by atoms with Gasteiger partial charge in [-0.25, -0.2) is 0 Å². The molecule has 0 aliphatic heterocycles. The van der Waals surface area contributed by atoms with Gasteiger partial charge in [-0.2, -0.15) is 0 Å². The van der Waals surface area contributed by atoms with Crippen LogP contribution in [0.25, 0.3) is 0 Å². The quantitative estimate of drug-likeness (QED) is 0.148. The van der Waals surface area contributed by atoms with Gasteiger partial charge in [0.1, 0.15) is 19.0 Å². The average molecular weight is 781 g/mol. The molecule has 0 aliphatic carbocycles. The van der Waals surface area contributed by atoms with Gasteiger partial charge in [0, 0.05) is 65.6 Å². The zero-order valence-corrected chi connectivity index (χ0v) is 29.3. The molecule has 4 nitrogen and oxygen atoms in total. The Balaban J connectivity index is 0.00000247.